The lowest BCUT2D eigenvalue weighted by Crippen LogP contribution is -2.48. The van der Waals surface area contributed by atoms with Gasteiger partial charge in [0.1, 0.15) is 6.04 Å². The molecule has 0 spiro atoms. The molecule has 0 bridgehead atoms. The van der Waals surface area contributed by atoms with Gasteiger partial charge in [-0.3, -0.25) is 19.8 Å². The highest BCUT2D eigenvalue weighted by Crippen LogP contribution is 2.30. The molecule has 2 aromatic carbocycles. The predicted molar refractivity (Wildman–Crippen MR) is 115 cm³/mol. The van der Waals surface area contributed by atoms with Gasteiger partial charge in [0.15, 0.2) is 0 Å². The number of hydrazine groups is 1. The van der Waals surface area contributed by atoms with E-state index in [4.69, 9.17) is 5.84 Å². The maximum absolute atomic E-state index is 13.4. The predicted octanol–water partition coefficient (Wildman–Crippen LogP) is 2.30. The molecule has 0 saturated heterocycles. The molecule has 1 heterocycles. The second-order valence-electron chi connectivity index (χ2n) is 7.98. The van der Waals surface area contributed by atoms with Gasteiger partial charge in [-0.25, -0.2) is 5.84 Å². The molecule has 1 atom stereocenters. The molecule has 1 aliphatic rings. The minimum atomic E-state index is -0.612. The van der Waals surface area contributed by atoms with Crippen LogP contribution in [-0.2, 0) is 22.6 Å². The number of hydrogen-bond donors (Lipinski definition) is 3. The van der Waals surface area contributed by atoms with Crippen molar-refractivity contribution in [3.63, 3.8) is 0 Å². The summed E-state index contributed by atoms with van der Waals surface area (Å²) in [5.74, 6) is 4.82. The number of carbonyl (C=O) groups is 3. The normalized spacial score (nSPS) is 16.1. The lowest BCUT2D eigenvalue weighted by Gasteiger charge is -2.27. The van der Waals surface area contributed by atoms with Crippen molar-refractivity contribution in [2.24, 2.45) is 11.8 Å². The van der Waals surface area contributed by atoms with Gasteiger partial charge in [-0.1, -0.05) is 44.2 Å². The molecule has 1 aliphatic heterocycles. The molecule has 3 amide bonds. The van der Waals surface area contributed by atoms with E-state index in [2.05, 4.69) is 10.7 Å². The summed E-state index contributed by atoms with van der Waals surface area (Å²) >= 11 is 0. The first-order chi connectivity index (χ1) is 14.4. The molecule has 3 rings (SSSR count). The Kier molecular flexibility index (Phi) is 6.84. The molecule has 30 heavy (non-hydrogen) atoms. The highest BCUT2D eigenvalue weighted by atomic mass is 16.2. The van der Waals surface area contributed by atoms with Gasteiger partial charge < -0.3 is 10.2 Å². The summed E-state index contributed by atoms with van der Waals surface area (Å²) in [6.45, 7) is 4.32. The van der Waals surface area contributed by atoms with Crippen LogP contribution in [0.3, 0.4) is 0 Å². The largest absolute Gasteiger partial charge is 0.344 e. The summed E-state index contributed by atoms with van der Waals surface area (Å²) in [6.07, 6.45) is 1.40. The second-order valence-corrected chi connectivity index (χ2v) is 7.98. The van der Waals surface area contributed by atoms with Crippen LogP contribution in [0.4, 0.5) is 5.69 Å². The molecule has 0 radical (unpaired) electrons. The van der Waals surface area contributed by atoms with Crippen molar-refractivity contribution in [2.75, 3.05) is 4.90 Å². The van der Waals surface area contributed by atoms with Crippen molar-refractivity contribution >= 4 is 23.4 Å². The van der Waals surface area contributed by atoms with Crippen LogP contribution in [0.1, 0.15) is 48.2 Å². The molecular weight excluding hydrogens is 380 g/mol. The Labute approximate surface area is 176 Å². The topological polar surface area (TPSA) is 105 Å². The Morgan fingerprint density at radius 3 is 2.57 bits per heavy atom. The third kappa shape index (κ3) is 5.04. The van der Waals surface area contributed by atoms with Crippen LogP contribution in [0.2, 0.25) is 0 Å². The number of benzene rings is 2. The Hall–Kier alpha value is -3.19. The van der Waals surface area contributed by atoms with Crippen LogP contribution >= 0.6 is 0 Å². The zero-order valence-corrected chi connectivity index (χ0v) is 17.4. The number of nitrogen functional groups attached to an aromatic ring is 1. The molecule has 2 aromatic rings. The summed E-state index contributed by atoms with van der Waals surface area (Å²) in [7, 11) is 0. The third-order valence-electron chi connectivity index (χ3n) is 5.14. The lowest BCUT2D eigenvalue weighted by atomic mass is 10.0. The van der Waals surface area contributed by atoms with Crippen LogP contribution in [0.25, 0.3) is 0 Å². The van der Waals surface area contributed by atoms with Crippen LogP contribution in [-0.4, -0.2) is 23.8 Å². The van der Waals surface area contributed by atoms with Gasteiger partial charge in [0.2, 0.25) is 11.8 Å². The average molecular weight is 409 g/mol. The fraction of sp³-hybridized carbons (Fsp3) is 0.348. The number of hydrogen-bond acceptors (Lipinski definition) is 4. The van der Waals surface area contributed by atoms with Gasteiger partial charge in [0.25, 0.3) is 5.91 Å². The van der Waals surface area contributed by atoms with Crippen LogP contribution in [0, 0.1) is 5.92 Å². The number of nitrogens with two attached hydrogens (primary N) is 1. The molecule has 7 heteroatoms. The summed E-state index contributed by atoms with van der Waals surface area (Å²) < 4.78 is 0. The van der Waals surface area contributed by atoms with Gasteiger partial charge in [-0.15, -0.1) is 0 Å². The van der Waals surface area contributed by atoms with Gasteiger partial charge in [-0.2, -0.15) is 0 Å². The van der Waals surface area contributed by atoms with Crippen LogP contribution in [0.5, 0.6) is 0 Å². The van der Waals surface area contributed by atoms with Crippen molar-refractivity contribution in [2.45, 2.75) is 45.7 Å². The Balaban J connectivity index is 1.94. The van der Waals surface area contributed by atoms with Crippen molar-refractivity contribution in [1.82, 2.24) is 10.7 Å². The van der Waals surface area contributed by atoms with E-state index in [-0.39, 0.29) is 23.6 Å². The van der Waals surface area contributed by atoms with Gasteiger partial charge >= 0.3 is 0 Å². The Morgan fingerprint density at radius 2 is 1.90 bits per heavy atom. The minimum absolute atomic E-state index is 0.128. The first kappa shape index (κ1) is 21.5. The first-order valence-corrected chi connectivity index (χ1v) is 10.2. The number of amides is 3. The zero-order valence-electron chi connectivity index (χ0n) is 17.4. The number of nitrogens with one attached hydrogen (secondary N) is 2. The van der Waals surface area contributed by atoms with E-state index < -0.39 is 6.04 Å². The van der Waals surface area contributed by atoms with Crippen molar-refractivity contribution < 1.29 is 14.4 Å². The van der Waals surface area contributed by atoms with Crippen molar-refractivity contribution in [1.29, 1.82) is 0 Å². The number of carbonyl (C=O) groups excluding carboxylic acids is 3. The molecule has 158 valence electrons. The maximum Gasteiger partial charge on any atom is 0.265 e. The molecule has 0 saturated carbocycles. The van der Waals surface area contributed by atoms with Gasteiger partial charge in [0.05, 0.1) is 6.54 Å². The molecular formula is C23H28N4O3. The summed E-state index contributed by atoms with van der Waals surface area (Å²) in [5.41, 5.74) is 5.18. The molecule has 0 aliphatic carbocycles. The molecule has 0 aromatic heterocycles. The lowest BCUT2D eigenvalue weighted by molar-refractivity contribution is -0.128. The number of fused-ring (bicyclic) bond motifs is 1. The number of rotatable bonds is 6. The molecule has 7 nitrogen and oxygen atoms in total. The van der Waals surface area contributed by atoms with Crippen LogP contribution in [0.15, 0.2) is 48.5 Å². The summed E-state index contributed by atoms with van der Waals surface area (Å²) in [5, 5.41) is 2.91. The average Bonchev–Trinajstić information content (AvgIpc) is 2.85. The minimum Gasteiger partial charge on any atom is -0.344 e. The monoisotopic (exact) mass is 408 g/mol. The highest BCUT2D eigenvalue weighted by Gasteiger charge is 2.32. The number of aryl methyl sites for hydroxylation is 1. The van der Waals surface area contributed by atoms with E-state index in [0.717, 1.165) is 16.8 Å². The SMILES string of the molecule is CC(C)CC(=O)NC1CCc2cc(C(=O)NN)ccc2N(Cc2ccccc2)C1=O. The van der Waals surface area contributed by atoms with Crippen molar-refractivity contribution in [3.8, 4) is 0 Å². The fourth-order valence-corrected chi connectivity index (χ4v) is 3.69. The highest BCUT2D eigenvalue weighted by molar-refractivity contribution is 6.01. The summed E-state index contributed by atoms with van der Waals surface area (Å²) in [6, 6.07) is 14.3. The molecule has 1 unspecified atom stereocenters. The zero-order chi connectivity index (χ0) is 21.7. The third-order valence-corrected chi connectivity index (χ3v) is 5.14. The van der Waals surface area contributed by atoms with E-state index in [1.54, 1.807) is 23.1 Å². The first-order valence-electron chi connectivity index (χ1n) is 10.2. The van der Waals surface area contributed by atoms with E-state index >= 15 is 0 Å². The maximum atomic E-state index is 13.4. The number of nitrogens with zero attached hydrogens (tertiary/aromatic N) is 1. The van der Waals surface area contributed by atoms with E-state index in [0.29, 0.717) is 31.4 Å². The van der Waals surface area contributed by atoms with E-state index in [9.17, 15) is 14.4 Å². The van der Waals surface area contributed by atoms with E-state index in [1.165, 1.54) is 0 Å². The Bertz CT molecular complexity index is 927. The van der Waals surface area contributed by atoms with E-state index in [1.807, 2.05) is 44.2 Å². The quantitative estimate of drug-likeness (QED) is 0.387. The van der Waals surface area contributed by atoms with Crippen LogP contribution < -0.4 is 21.5 Å². The standard InChI is InChI=1S/C23H28N4O3/c1-15(2)12-21(28)25-19-10-8-17-13-18(22(29)26-24)9-11-20(17)27(23(19)30)14-16-6-4-3-5-7-16/h3-7,9,11,13,15,19H,8,10,12,14,24H2,1-2H3,(H,25,28)(H,26,29). The summed E-state index contributed by atoms with van der Waals surface area (Å²) in [4.78, 5) is 39.4. The second kappa shape index (κ2) is 9.54. The van der Waals surface area contributed by atoms with Gasteiger partial charge in [-0.05, 0) is 48.1 Å². The molecule has 4 N–H and O–H groups in total. The van der Waals surface area contributed by atoms with Crippen molar-refractivity contribution in [3.05, 3.63) is 65.2 Å². The molecule has 0 fully saturated rings. The smallest absolute Gasteiger partial charge is 0.265 e. The fourth-order valence-electron chi connectivity index (χ4n) is 3.69. The Morgan fingerprint density at radius 1 is 1.17 bits per heavy atom. The number of anilines is 1. The van der Waals surface area contributed by atoms with Gasteiger partial charge in [0, 0.05) is 17.7 Å².